The van der Waals surface area contributed by atoms with Crippen molar-refractivity contribution in [3.63, 3.8) is 0 Å². The molecule has 0 aliphatic rings. The lowest BCUT2D eigenvalue weighted by Gasteiger charge is -2.11. The Morgan fingerprint density at radius 2 is 2.25 bits per heavy atom. The van der Waals surface area contributed by atoms with Crippen molar-refractivity contribution in [3.05, 3.63) is 51.3 Å². The maximum absolute atomic E-state index is 12.9. The molecule has 1 aromatic carbocycles. The average molecular weight is 282 g/mol. The van der Waals surface area contributed by atoms with Crippen LogP contribution in [-0.4, -0.2) is 15.1 Å². The summed E-state index contributed by atoms with van der Waals surface area (Å²) in [5, 5.41) is 20.0. The molecule has 2 rings (SSSR count). The molecule has 0 spiro atoms. The number of nitro groups is 1. The fourth-order valence-electron chi connectivity index (χ4n) is 1.75. The molecule has 0 aliphatic heterocycles. The lowest BCUT2D eigenvalue weighted by atomic mass is 10.1. The van der Waals surface area contributed by atoms with Crippen LogP contribution in [0.5, 0.6) is 0 Å². The minimum absolute atomic E-state index is 0.172. The van der Waals surface area contributed by atoms with Crippen LogP contribution in [0.4, 0.5) is 20.2 Å². The van der Waals surface area contributed by atoms with Gasteiger partial charge in [0.25, 0.3) is 12.1 Å². The summed E-state index contributed by atoms with van der Waals surface area (Å²) in [5.41, 5.74) is 1.10. The van der Waals surface area contributed by atoms with E-state index in [9.17, 15) is 18.9 Å². The van der Waals surface area contributed by atoms with Gasteiger partial charge in [0.15, 0.2) is 0 Å². The number of aryl methyl sites for hydroxylation is 1. The van der Waals surface area contributed by atoms with Gasteiger partial charge in [0.1, 0.15) is 0 Å². The van der Waals surface area contributed by atoms with E-state index in [1.165, 1.54) is 12.1 Å². The standard InChI is InChI=1S/C12H12F2N4O2/c1-7-8(6-16-17-7)5-15-11-3-2-9(18(19)20)4-10(11)12(13)14/h2-4,6,12,15H,5H2,1H3,(H,16,17). The molecule has 1 aromatic heterocycles. The normalized spacial score (nSPS) is 10.8. The molecule has 0 amide bonds. The number of anilines is 1. The van der Waals surface area contributed by atoms with E-state index < -0.39 is 11.3 Å². The predicted octanol–water partition coefficient (Wildman–Crippen LogP) is 3.18. The molecule has 0 unspecified atom stereocenters. The van der Waals surface area contributed by atoms with Gasteiger partial charge in [-0.1, -0.05) is 0 Å². The Balaban J connectivity index is 2.22. The third kappa shape index (κ3) is 2.90. The van der Waals surface area contributed by atoms with Crippen molar-refractivity contribution >= 4 is 11.4 Å². The smallest absolute Gasteiger partial charge is 0.270 e. The summed E-state index contributed by atoms with van der Waals surface area (Å²) in [6, 6.07) is 3.36. The average Bonchev–Trinajstić information content (AvgIpc) is 2.81. The first-order chi connectivity index (χ1) is 9.49. The molecule has 0 fully saturated rings. The second-order valence-corrected chi connectivity index (χ2v) is 4.20. The molecule has 0 saturated carbocycles. The van der Waals surface area contributed by atoms with E-state index in [0.29, 0.717) is 6.54 Å². The van der Waals surface area contributed by atoms with Gasteiger partial charge in [0.05, 0.1) is 11.1 Å². The summed E-state index contributed by atoms with van der Waals surface area (Å²) < 4.78 is 25.9. The Morgan fingerprint density at radius 3 is 2.80 bits per heavy atom. The molecule has 1 heterocycles. The molecule has 2 aromatic rings. The minimum Gasteiger partial charge on any atom is -0.380 e. The summed E-state index contributed by atoms with van der Waals surface area (Å²) in [6.45, 7) is 2.12. The van der Waals surface area contributed by atoms with Gasteiger partial charge >= 0.3 is 0 Å². The topological polar surface area (TPSA) is 83.8 Å². The molecule has 0 atom stereocenters. The zero-order chi connectivity index (χ0) is 14.7. The van der Waals surface area contributed by atoms with E-state index >= 15 is 0 Å². The van der Waals surface area contributed by atoms with Gasteiger partial charge in [0, 0.05) is 41.2 Å². The minimum atomic E-state index is -2.79. The van der Waals surface area contributed by atoms with E-state index in [1.54, 1.807) is 6.20 Å². The SMILES string of the molecule is Cc1[nH]ncc1CNc1ccc([N+](=O)[O-])cc1C(F)F. The number of rotatable bonds is 5. The number of alkyl halides is 2. The highest BCUT2D eigenvalue weighted by molar-refractivity contribution is 5.56. The Bertz CT molecular complexity index is 628. The van der Waals surface area contributed by atoms with Crippen LogP contribution >= 0.6 is 0 Å². The van der Waals surface area contributed by atoms with Crippen LogP contribution in [0.15, 0.2) is 24.4 Å². The fraction of sp³-hybridized carbons (Fsp3) is 0.250. The summed E-state index contributed by atoms with van der Waals surface area (Å²) in [4.78, 5) is 9.91. The number of benzene rings is 1. The van der Waals surface area contributed by atoms with Crippen molar-refractivity contribution in [2.45, 2.75) is 19.9 Å². The number of hydrogen-bond donors (Lipinski definition) is 2. The van der Waals surface area contributed by atoms with E-state index in [4.69, 9.17) is 0 Å². The molecule has 0 radical (unpaired) electrons. The molecule has 106 valence electrons. The van der Waals surface area contributed by atoms with Crippen LogP contribution in [0.2, 0.25) is 0 Å². The van der Waals surface area contributed by atoms with Crippen molar-refractivity contribution < 1.29 is 13.7 Å². The van der Waals surface area contributed by atoms with Crippen molar-refractivity contribution in [2.75, 3.05) is 5.32 Å². The van der Waals surface area contributed by atoms with Crippen LogP contribution in [0.1, 0.15) is 23.2 Å². The summed E-state index contributed by atoms with van der Waals surface area (Å²) in [6.07, 6.45) is -1.20. The molecule has 20 heavy (non-hydrogen) atoms. The first kappa shape index (κ1) is 13.9. The zero-order valence-corrected chi connectivity index (χ0v) is 10.6. The van der Waals surface area contributed by atoms with Gasteiger partial charge in [0.2, 0.25) is 0 Å². The molecule has 2 N–H and O–H groups in total. The van der Waals surface area contributed by atoms with Crippen LogP contribution in [0.3, 0.4) is 0 Å². The highest BCUT2D eigenvalue weighted by atomic mass is 19.3. The van der Waals surface area contributed by atoms with E-state index in [0.717, 1.165) is 17.3 Å². The van der Waals surface area contributed by atoms with Crippen molar-refractivity contribution in [1.82, 2.24) is 10.2 Å². The highest BCUT2D eigenvalue weighted by Crippen LogP contribution is 2.31. The van der Waals surface area contributed by atoms with Gasteiger partial charge in [-0.2, -0.15) is 5.10 Å². The lowest BCUT2D eigenvalue weighted by Crippen LogP contribution is -2.04. The Hall–Kier alpha value is -2.51. The largest absolute Gasteiger partial charge is 0.380 e. The van der Waals surface area contributed by atoms with Crippen molar-refractivity contribution in [2.24, 2.45) is 0 Å². The number of nitro benzene ring substituents is 1. The van der Waals surface area contributed by atoms with Crippen LogP contribution in [0, 0.1) is 17.0 Å². The maximum atomic E-state index is 12.9. The van der Waals surface area contributed by atoms with Gasteiger partial charge in [-0.3, -0.25) is 15.2 Å². The molecule has 8 heteroatoms. The van der Waals surface area contributed by atoms with Crippen molar-refractivity contribution in [3.8, 4) is 0 Å². The lowest BCUT2D eigenvalue weighted by molar-refractivity contribution is -0.385. The van der Waals surface area contributed by atoms with Gasteiger partial charge in [-0.05, 0) is 13.0 Å². The fourth-order valence-corrected chi connectivity index (χ4v) is 1.75. The molecular weight excluding hydrogens is 270 g/mol. The second kappa shape index (κ2) is 5.64. The van der Waals surface area contributed by atoms with Crippen molar-refractivity contribution in [1.29, 1.82) is 0 Å². The molecule has 0 bridgehead atoms. The Labute approximate surface area is 113 Å². The van der Waals surface area contributed by atoms with Crippen LogP contribution < -0.4 is 5.32 Å². The van der Waals surface area contributed by atoms with E-state index in [-0.39, 0.29) is 16.9 Å². The Morgan fingerprint density at radius 1 is 1.50 bits per heavy atom. The number of nitrogens with zero attached hydrogens (tertiary/aromatic N) is 2. The molecule has 0 saturated heterocycles. The van der Waals surface area contributed by atoms with E-state index in [1.807, 2.05) is 6.92 Å². The Kier molecular flexibility index (Phi) is 3.92. The summed E-state index contributed by atoms with van der Waals surface area (Å²) in [7, 11) is 0. The quantitative estimate of drug-likeness (QED) is 0.651. The number of aromatic amines is 1. The van der Waals surface area contributed by atoms with E-state index in [2.05, 4.69) is 15.5 Å². The van der Waals surface area contributed by atoms with Gasteiger partial charge < -0.3 is 5.32 Å². The number of non-ortho nitro benzene ring substituents is 1. The van der Waals surface area contributed by atoms with Gasteiger partial charge in [-0.25, -0.2) is 8.78 Å². The monoisotopic (exact) mass is 282 g/mol. The third-order valence-electron chi connectivity index (χ3n) is 2.88. The van der Waals surface area contributed by atoms with Crippen LogP contribution in [0.25, 0.3) is 0 Å². The number of aromatic nitrogens is 2. The summed E-state index contributed by atoms with van der Waals surface area (Å²) >= 11 is 0. The maximum Gasteiger partial charge on any atom is 0.270 e. The highest BCUT2D eigenvalue weighted by Gasteiger charge is 2.18. The predicted molar refractivity (Wildman–Crippen MR) is 68.7 cm³/mol. The first-order valence-corrected chi connectivity index (χ1v) is 5.78. The third-order valence-corrected chi connectivity index (χ3v) is 2.88. The van der Waals surface area contributed by atoms with Crippen LogP contribution in [-0.2, 0) is 6.54 Å². The number of hydrogen-bond acceptors (Lipinski definition) is 4. The second-order valence-electron chi connectivity index (χ2n) is 4.20. The molecular formula is C12H12F2N4O2. The molecule has 6 nitrogen and oxygen atoms in total. The zero-order valence-electron chi connectivity index (χ0n) is 10.6. The number of H-pyrrole nitrogens is 1. The summed E-state index contributed by atoms with van der Waals surface area (Å²) in [5.74, 6) is 0. The molecule has 0 aliphatic carbocycles. The van der Waals surface area contributed by atoms with Gasteiger partial charge in [-0.15, -0.1) is 0 Å². The first-order valence-electron chi connectivity index (χ1n) is 5.78. The number of halogens is 2. The number of nitrogens with one attached hydrogen (secondary N) is 2.